The van der Waals surface area contributed by atoms with E-state index in [0.717, 1.165) is 46.1 Å². The molecule has 5 heterocycles. The van der Waals surface area contributed by atoms with Crippen LogP contribution in [0.25, 0.3) is 0 Å². The Kier molecular flexibility index (Phi) is 6.24. The molecule has 0 aliphatic carbocycles. The van der Waals surface area contributed by atoms with Crippen LogP contribution in [0.15, 0.2) is 0 Å². The molecule has 5 aliphatic rings. The summed E-state index contributed by atoms with van der Waals surface area (Å²) < 4.78 is 18.7. The van der Waals surface area contributed by atoms with E-state index in [1.165, 1.54) is 70.9 Å². The number of nitrogens with zero attached hydrogens (tertiary/aromatic N) is 3. The van der Waals surface area contributed by atoms with Gasteiger partial charge in [0.25, 0.3) is 0 Å². The molecule has 5 saturated heterocycles. The highest BCUT2D eigenvalue weighted by molar-refractivity contribution is 5.08. The largest absolute Gasteiger partial charge is 0.379 e. The van der Waals surface area contributed by atoms with Crippen LogP contribution in [-0.4, -0.2) is 91.9 Å². The standard InChI is InChI=1S/C22H39N3O3/c1-4-15-28-21(9-1)22(23-10-2-3-11-23)19(20-8-6-16-27-20)7-5-12-25(22)24-13-17-26-18-14-24/h19-21H,1-18H2. The molecule has 4 atom stereocenters. The lowest BCUT2D eigenvalue weighted by molar-refractivity contribution is -0.290. The molecular weight excluding hydrogens is 354 g/mol. The van der Waals surface area contributed by atoms with Gasteiger partial charge in [0.15, 0.2) is 0 Å². The average molecular weight is 394 g/mol. The van der Waals surface area contributed by atoms with Crippen molar-refractivity contribution in [3.05, 3.63) is 0 Å². The van der Waals surface area contributed by atoms with Gasteiger partial charge in [0, 0.05) is 51.9 Å². The van der Waals surface area contributed by atoms with Gasteiger partial charge in [-0.2, -0.15) is 0 Å². The average Bonchev–Trinajstić information content (AvgIpc) is 3.49. The maximum atomic E-state index is 6.65. The van der Waals surface area contributed by atoms with Crippen molar-refractivity contribution in [3.63, 3.8) is 0 Å². The van der Waals surface area contributed by atoms with E-state index in [9.17, 15) is 0 Å². The number of rotatable bonds is 4. The molecule has 0 saturated carbocycles. The van der Waals surface area contributed by atoms with Crippen molar-refractivity contribution in [3.8, 4) is 0 Å². The molecule has 28 heavy (non-hydrogen) atoms. The van der Waals surface area contributed by atoms with Crippen molar-refractivity contribution in [1.29, 1.82) is 0 Å². The number of piperidine rings is 1. The van der Waals surface area contributed by atoms with Crippen LogP contribution in [0, 0.1) is 5.92 Å². The first-order valence-electron chi connectivity index (χ1n) is 12.0. The van der Waals surface area contributed by atoms with Crippen LogP contribution >= 0.6 is 0 Å². The van der Waals surface area contributed by atoms with E-state index in [1.807, 2.05) is 0 Å². The number of hydrogen-bond acceptors (Lipinski definition) is 6. The predicted octanol–water partition coefficient (Wildman–Crippen LogP) is 2.49. The first-order chi connectivity index (χ1) is 13.9. The minimum absolute atomic E-state index is 0.0263. The molecule has 0 bridgehead atoms. The molecule has 4 unspecified atom stereocenters. The zero-order chi connectivity index (χ0) is 18.8. The molecule has 160 valence electrons. The maximum absolute atomic E-state index is 6.65. The molecule has 0 radical (unpaired) electrons. The van der Waals surface area contributed by atoms with E-state index in [2.05, 4.69) is 14.9 Å². The third-order valence-corrected chi connectivity index (χ3v) is 7.85. The fourth-order valence-electron chi connectivity index (χ4n) is 6.74. The molecule has 0 spiro atoms. The topological polar surface area (TPSA) is 37.4 Å². The summed E-state index contributed by atoms with van der Waals surface area (Å²) in [5.74, 6) is 0.549. The highest BCUT2D eigenvalue weighted by Gasteiger charge is 2.60. The molecular formula is C22H39N3O3. The highest BCUT2D eigenvalue weighted by atomic mass is 16.5. The molecule has 0 N–H and O–H groups in total. The lowest BCUT2D eigenvalue weighted by Gasteiger charge is -2.63. The van der Waals surface area contributed by atoms with Crippen LogP contribution in [0.3, 0.4) is 0 Å². The second-order valence-electron chi connectivity index (χ2n) is 9.32. The van der Waals surface area contributed by atoms with Gasteiger partial charge in [0.05, 0.1) is 25.4 Å². The summed E-state index contributed by atoms with van der Waals surface area (Å²) in [6.07, 6.45) is 12.1. The number of morpholine rings is 1. The Balaban J connectivity index is 1.56. The lowest BCUT2D eigenvalue weighted by Crippen LogP contribution is -2.77. The number of ether oxygens (including phenoxy) is 3. The Hall–Kier alpha value is -0.240. The minimum atomic E-state index is -0.0263. The van der Waals surface area contributed by atoms with Crippen LogP contribution in [-0.2, 0) is 14.2 Å². The Morgan fingerprint density at radius 2 is 1.46 bits per heavy atom. The zero-order valence-electron chi connectivity index (χ0n) is 17.5. The van der Waals surface area contributed by atoms with Crippen LogP contribution in [0.5, 0.6) is 0 Å². The van der Waals surface area contributed by atoms with Gasteiger partial charge in [0.2, 0.25) is 0 Å². The minimum Gasteiger partial charge on any atom is -0.379 e. The van der Waals surface area contributed by atoms with E-state index in [0.29, 0.717) is 18.1 Å². The van der Waals surface area contributed by atoms with E-state index < -0.39 is 0 Å². The van der Waals surface area contributed by atoms with Gasteiger partial charge in [-0.05, 0) is 57.8 Å². The van der Waals surface area contributed by atoms with Crippen molar-refractivity contribution in [2.45, 2.75) is 75.7 Å². The highest BCUT2D eigenvalue weighted by Crippen LogP contribution is 2.48. The van der Waals surface area contributed by atoms with E-state index in [1.54, 1.807) is 0 Å². The van der Waals surface area contributed by atoms with Crippen molar-refractivity contribution in [2.75, 3.05) is 59.2 Å². The first-order valence-corrected chi connectivity index (χ1v) is 12.0. The van der Waals surface area contributed by atoms with Crippen LogP contribution in [0.4, 0.5) is 0 Å². The monoisotopic (exact) mass is 393 g/mol. The molecule has 5 aliphatic heterocycles. The Labute approximate surface area is 170 Å². The summed E-state index contributed by atoms with van der Waals surface area (Å²) in [6.45, 7) is 9.18. The summed E-state index contributed by atoms with van der Waals surface area (Å²) in [7, 11) is 0. The van der Waals surface area contributed by atoms with E-state index >= 15 is 0 Å². The van der Waals surface area contributed by atoms with E-state index in [4.69, 9.17) is 14.2 Å². The molecule has 6 heteroatoms. The van der Waals surface area contributed by atoms with Gasteiger partial charge in [-0.15, -0.1) is 0 Å². The summed E-state index contributed by atoms with van der Waals surface area (Å²) in [6, 6.07) is 0. The van der Waals surface area contributed by atoms with Gasteiger partial charge in [-0.3, -0.25) is 4.90 Å². The number of hydrogen-bond donors (Lipinski definition) is 0. The van der Waals surface area contributed by atoms with Gasteiger partial charge in [0.1, 0.15) is 5.66 Å². The summed E-state index contributed by atoms with van der Waals surface area (Å²) in [5, 5.41) is 5.41. The van der Waals surface area contributed by atoms with Gasteiger partial charge >= 0.3 is 0 Å². The van der Waals surface area contributed by atoms with Crippen molar-refractivity contribution >= 4 is 0 Å². The zero-order valence-corrected chi connectivity index (χ0v) is 17.5. The summed E-state index contributed by atoms with van der Waals surface area (Å²) >= 11 is 0. The van der Waals surface area contributed by atoms with Crippen LogP contribution < -0.4 is 0 Å². The van der Waals surface area contributed by atoms with Crippen molar-refractivity contribution in [2.24, 2.45) is 5.92 Å². The normalized spacial score (nSPS) is 42.2. The third kappa shape index (κ3) is 3.44. The second kappa shape index (κ2) is 8.86. The molecule has 0 aromatic rings. The quantitative estimate of drug-likeness (QED) is 0.731. The fourth-order valence-corrected chi connectivity index (χ4v) is 6.74. The Bertz CT molecular complexity index is 497. The third-order valence-electron chi connectivity index (χ3n) is 7.85. The van der Waals surface area contributed by atoms with Gasteiger partial charge in [-0.1, -0.05) is 0 Å². The smallest absolute Gasteiger partial charge is 0.119 e. The second-order valence-corrected chi connectivity index (χ2v) is 9.32. The number of hydrazine groups is 1. The maximum Gasteiger partial charge on any atom is 0.119 e. The van der Waals surface area contributed by atoms with Crippen molar-refractivity contribution < 1.29 is 14.2 Å². The van der Waals surface area contributed by atoms with Gasteiger partial charge < -0.3 is 14.2 Å². The lowest BCUT2D eigenvalue weighted by atomic mass is 9.73. The molecule has 5 rings (SSSR count). The summed E-state index contributed by atoms with van der Waals surface area (Å²) in [5.41, 5.74) is -0.0263. The first kappa shape index (κ1) is 19.7. The molecule has 5 fully saturated rings. The molecule has 0 amide bonds. The van der Waals surface area contributed by atoms with Crippen LogP contribution in [0.2, 0.25) is 0 Å². The molecule has 6 nitrogen and oxygen atoms in total. The SMILES string of the molecule is C1CCC(C2(N3CCCC3)C(C3CCCO3)CCCN2N2CCOCC2)OC1. The number of likely N-dealkylation sites (tertiary alicyclic amines) is 1. The van der Waals surface area contributed by atoms with Gasteiger partial charge in [-0.25, -0.2) is 10.0 Å². The fraction of sp³-hybridized carbons (Fsp3) is 1.00. The van der Waals surface area contributed by atoms with E-state index in [-0.39, 0.29) is 5.66 Å². The molecule has 0 aromatic heterocycles. The predicted molar refractivity (Wildman–Crippen MR) is 108 cm³/mol. The van der Waals surface area contributed by atoms with Crippen LogP contribution in [0.1, 0.15) is 57.8 Å². The van der Waals surface area contributed by atoms with Crippen molar-refractivity contribution in [1.82, 2.24) is 14.9 Å². The molecule has 0 aromatic carbocycles. The summed E-state index contributed by atoms with van der Waals surface area (Å²) in [4.78, 5) is 2.84. The Morgan fingerprint density at radius 3 is 2.18 bits per heavy atom. The Morgan fingerprint density at radius 1 is 0.643 bits per heavy atom.